The summed E-state index contributed by atoms with van der Waals surface area (Å²) in [7, 11) is 0. The van der Waals surface area contributed by atoms with Gasteiger partial charge in [-0.15, -0.1) is 0 Å². The van der Waals surface area contributed by atoms with Gasteiger partial charge >= 0.3 is 0 Å². The highest BCUT2D eigenvalue weighted by molar-refractivity contribution is 5.76. The predicted octanol–water partition coefficient (Wildman–Crippen LogP) is 6.94. The van der Waals surface area contributed by atoms with Crippen LogP contribution in [0.3, 0.4) is 0 Å². The number of hydrogen-bond donors (Lipinski definition) is 3. The lowest BCUT2D eigenvalue weighted by atomic mass is 10.1. The van der Waals surface area contributed by atoms with Crippen molar-refractivity contribution in [2.24, 2.45) is 0 Å². The minimum Gasteiger partial charge on any atom is -0.394 e. The fourth-order valence-electron chi connectivity index (χ4n) is 3.37. The molecule has 0 heterocycles. The standard InChI is InChI=1S/C29H51NO3/c1-3-5-7-9-11-13-15-16-18-20-22-24-28(32)27(26-31)30-29(33)25-23-21-19-17-14-12-10-8-6-4-2/h7,9-10,12,15-16,22,24,27-28,31-32H,3-6,8,11,13-14,17-21,23,25-26H2,1-2H3,(H,30,33)/b9-7+,12-10-,16-15+,24-22+. The summed E-state index contributed by atoms with van der Waals surface area (Å²) in [5.74, 6) is -0.100. The first-order valence-corrected chi connectivity index (χ1v) is 13.4. The molecule has 2 atom stereocenters. The van der Waals surface area contributed by atoms with Gasteiger partial charge in [0.25, 0.3) is 0 Å². The zero-order valence-corrected chi connectivity index (χ0v) is 21.4. The van der Waals surface area contributed by atoms with Crippen LogP contribution >= 0.6 is 0 Å². The summed E-state index contributed by atoms with van der Waals surface area (Å²) in [5, 5.41) is 22.6. The fourth-order valence-corrected chi connectivity index (χ4v) is 3.37. The number of unbranched alkanes of at least 4 members (excludes halogenated alkanes) is 9. The molecule has 0 spiro atoms. The smallest absolute Gasteiger partial charge is 0.220 e. The number of amides is 1. The van der Waals surface area contributed by atoms with Crippen LogP contribution in [-0.2, 0) is 4.79 Å². The molecule has 2 unspecified atom stereocenters. The van der Waals surface area contributed by atoms with Gasteiger partial charge in [0, 0.05) is 6.42 Å². The number of aliphatic hydroxyl groups is 2. The maximum atomic E-state index is 12.1. The first kappa shape index (κ1) is 31.4. The van der Waals surface area contributed by atoms with Crippen LogP contribution in [0.15, 0.2) is 48.6 Å². The van der Waals surface area contributed by atoms with Crippen LogP contribution in [0.1, 0.15) is 110 Å². The molecule has 0 saturated carbocycles. The molecule has 0 radical (unpaired) electrons. The molecular weight excluding hydrogens is 410 g/mol. The molecule has 0 aromatic heterocycles. The van der Waals surface area contributed by atoms with Crippen LogP contribution in [0.5, 0.6) is 0 Å². The maximum Gasteiger partial charge on any atom is 0.220 e. The molecule has 1 amide bonds. The molecule has 0 fully saturated rings. The highest BCUT2D eigenvalue weighted by Gasteiger charge is 2.17. The van der Waals surface area contributed by atoms with E-state index in [0.717, 1.165) is 64.2 Å². The van der Waals surface area contributed by atoms with Crippen molar-refractivity contribution in [2.45, 2.75) is 122 Å². The molecular formula is C29H51NO3. The number of hydrogen-bond acceptors (Lipinski definition) is 3. The van der Waals surface area contributed by atoms with Gasteiger partial charge in [-0.2, -0.15) is 0 Å². The molecule has 4 heteroatoms. The minimum absolute atomic E-state index is 0.100. The Bertz CT molecular complexity index is 551. The molecule has 0 aromatic rings. The van der Waals surface area contributed by atoms with Crippen LogP contribution in [0.2, 0.25) is 0 Å². The van der Waals surface area contributed by atoms with Gasteiger partial charge in [-0.05, 0) is 57.8 Å². The van der Waals surface area contributed by atoms with Crippen molar-refractivity contribution in [3.63, 3.8) is 0 Å². The molecule has 0 bridgehead atoms. The molecule has 3 N–H and O–H groups in total. The van der Waals surface area contributed by atoms with E-state index < -0.39 is 12.1 Å². The number of carbonyl (C=O) groups excluding carboxylic acids is 1. The van der Waals surface area contributed by atoms with E-state index in [0.29, 0.717) is 6.42 Å². The molecule has 0 aliphatic rings. The molecule has 0 saturated heterocycles. The van der Waals surface area contributed by atoms with Gasteiger partial charge in [-0.3, -0.25) is 4.79 Å². The molecule has 0 aliphatic carbocycles. The van der Waals surface area contributed by atoms with Crippen molar-refractivity contribution in [3.05, 3.63) is 48.6 Å². The molecule has 4 nitrogen and oxygen atoms in total. The Morgan fingerprint density at radius 2 is 1.24 bits per heavy atom. The van der Waals surface area contributed by atoms with Crippen LogP contribution in [0.4, 0.5) is 0 Å². The Balaban J connectivity index is 3.87. The Morgan fingerprint density at radius 3 is 1.85 bits per heavy atom. The normalized spacial score (nSPS) is 14.2. The minimum atomic E-state index is -0.869. The monoisotopic (exact) mass is 461 g/mol. The maximum absolute atomic E-state index is 12.1. The second kappa shape index (κ2) is 25.0. The van der Waals surface area contributed by atoms with E-state index in [1.165, 1.54) is 25.7 Å². The predicted molar refractivity (Wildman–Crippen MR) is 142 cm³/mol. The quantitative estimate of drug-likeness (QED) is 0.121. The van der Waals surface area contributed by atoms with Crippen molar-refractivity contribution in [2.75, 3.05) is 6.61 Å². The van der Waals surface area contributed by atoms with Gasteiger partial charge in [0.2, 0.25) is 5.91 Å². The molecule has 0 aromatic carbocycles. The summed E-state index contributed by atoms with van der Waals surface area (Å²) < 4.78 is 0. The van der Waals surface area contributed by atoms with E-state index in [9.17, 15) is 15.0 Å². The molecule has 0 rings (SSSR count). The van der Waals surface area contributed by atoms with Gasteiger partial charge in [0.1, 0.15) is 0 Å². The Hall–Kier alpha value is -1.65. The zero-order valence-electron chi connectivity index (χ0n) is 21.4. The van der Waals surface area contributed by atoms with Crippen LogP contribution in [-0.4, -0.2) is 34.9 Å². The molecule has 0 aliphatic heterocycles. The Kier molecular flexibility index (Phi) is 23.7. The summed E-state index contributed by atoms with van der Waals surface area (Å²) >= 11 is 0. The molecule has 33 heavy (non-hydrogen) atoms. The number of carbonyl (C=O) groups is 1. The topological polar surface area (TPSA) is 69.6 Å². The lowest BCUT2D eigenvalue weighted by Crippen LogP contribution is -2.45. The van der Waals surface area contributed by atoms with Crippen molar-refractivity contribution in [1.82, 2.24) is 5.32 Å². The SMILES string of the molecule is CCC/C=C/CC/C=C/CC/C=C/C(O)C(CO)NC(=O)CCCCCC/C=C\CCCC. The lowest BCUT2D eigenvalue weighted by Gasteiger charge is -2.19. The zero-order chi connectivity index (χ0) is 24.4. The van der Waals surface area contributed by atoms with E-state index in [-0.39, 0.29) is 12.5 Å². The number of rotatable bonds is 22. The number of aliphatic hydroxyl groups excluding tert-OH is 2. The second-order valence-electron chi connectivity index (χ2n) is 8.73. The second-order valence-corrected chi connectivity index (χ2v) is 8.73. The average Bonchev–Trinajstić information content (AvgIpc) is 2.82. The van der Waals surface area contributed by atoms with Crippen LogP contribution in [0, 0.1) is 0 Å². The van der Waals surface area contributed by atoms with Gasteiger partial charge in [0.05, 0.1) is 18.8 Å². The summed E-state index contributed by atoms with van der Waals surface area (Å²) in [6, 6.07) is -0.646. The Labute approximate surface area is 203 Å². The fraction of sp³-hybridized carbons (Fsp3) is 0.690. The summed E-state index contributed by atoms with van der Waals surface area (Å²) in [5.41, 5.74) is 0. The van der Waals surface area contributed by atoms with Gasteiger partial charge in [-0.1, -0.05) is 94.6 Å². The first-order chi connectivity index (χ1) is 16.2. The third-order valence-corrected chi connectivity index (χ3v) is 5.49. The van der Waals surface area contributed by atoms with Crippen molar-refractivity contribution < 1.29 is 15.0 Å². The largest absolute Gasteiger partial charge is 0.394 e. The van der Waals surface area contributed by atoms with E-state index in [2.05, 4.69) is 55.6 Å². The Morgan fingerprint density at radius 1 is 0.697 bits per heavy atom. The lowest BCUT2D eigenvalue weighted by molar-refractivity contribution is -0.123. The van der Waals surface area contributed by atoms with Crippen molar-refractivity contribution in [1.29, 1.82) is 0 Å². The van der Waals surface area contributed by atoms with E-state index >= 15 is 0 Å². The first-order valence-electron chi connectivity index (χ1n) is 13.4. The summed E-state index contributed by atoms with van der Waals surface area (Å²) in [6.07, 6.45) is 31.8. The van der Waals surface area contributed by atoms with E-state index in [4.69, 9.17) is 0 Å². The van der Waals surface area contributed by atoms with Crippen LogP contribution < -0.4 is 5.32 Å². The number of allylic oxidation sites excluding steroid dienone is 7. The number of nitrogens with one attached hydrogen (secondary N) is 1. The highest BCUT2D eigenvalue weighted by atomic mass is 16.3. The average molecular weight is 462 g/mol. The van der Waals surface area contributed by atoms with Crippen molar-refractivity contribution >= 4 is 5.91 Å². The summed E-state index contributed by atoms with van der Waals surface area (Å²) in [4.78, 5) is 12.1. The van der Waals surface area contributed by atoms with Gasteiger partial charge in [0.15, 0.2) is 0 Å². The summed E-state index contributed by atoms with van der Waals surface area (Å²) in [6.45, 7) is 4.12. The van der Waals surface area contributed by atoms with E-state index in [1.807, 2.05) is 6.08 Å². The third kappa shape index (κ3) is 21.9. The third-order valence-electron chi connectivity index (χ3n) is 5.49. The van der Waals surface area contributed by atoms with E-state index in [1.54, 1.807) is 6.08 Å². The van der Waals surface area contributed by atoms with Crippen LogP contribution in [0.25, 0.3) is 0 Å². The van der Waals surface area contributed by atoms with Gasteiger partial charge < -0.3 is 15.5 Å². The van der Waals surface area contributed by atoms with Gasteiger partial charge in [-0.25, -0.2) is 0 Å². The highest BCUT2D eigenvalue weighted by Crippen LogP contribution is 2.08. The molecule has 190 valence electrons. The van der Waals surface area contributed by atoms with Crippen molar-refractivity contribution in [3.8, 4) is 0 Å².